The van der Waals surface area contributed by atoms with Crippen LogP contribution in [0.25, 0.3) is 5.65 Å². The third-order valence-corrected chi connectivity index (χ3v) is 5.64. The number of aromatic nitrogens is 3. The third kappa shape index (κ3) is 3.76. The van der Waals surface area contributed by atoms with Crippen molar-refractivity contribution in [2.45, 2.75) is 44.6 Å². The quantitative estimate of drug-likeness (QED) is 0.619. The summed E-state index contributed by atoms with van der Waals surface area (Å²) < 4.78 is 1.88. The maximum absolute atomic E-state index is 9.30. The maximum atomic E-state index is 9.30. The highest BCUT2D eigenvalue weighted by Crippen LogP contribution is 2.42. The first kappa shape index (κ1) is 18.0. The second kappa shape index (κ2) is 7.37. The summed E-state index contributed by atoms with van der Waals surface area (Å²) in [6, 6.07) is 10.4. The van der Waals surface area contributed by atoms with Crippen molar-refractivity contribution in [1.82, 2.24) is 19.9 Å². The van der Waals surface area contributed by atoms with Gasteiger partial charge in [0.05, 0.1) is 17.8 Å². The monoisotopic (exact) mass is 387 g/mol. The number of nitrogens with zero attached hydrogens (tertiary/aromatic N) is 4. The Hall–Kier alpha value is -3.11. The van der Waals surface area contributed by atoms with Gasteiger partial charge in [-0.05, 0) is 68.8 Å². The molecule has 0 spiro atoms. The molecular weight excluding hydrogens is 362 g/mol. The molecule has 0 amide bonds. The van der Waals surface area contributed by atoms with Crippen molar-refractivity contribution in [1.29, 1.82) is 5.26 Å². The number of aryl methyl sites for hydroxylation is 1. The van der Waals surface area contributed by atoms with Crippen LogP contribution in [-0.4, -0.2) is 33.7 Å². The normalized spacial score (nSPS) is 19.1. The van der Waals surface area contributed by atoms with Crippen LogP contribution >= 0.6 is 0 Å². The minimum Gasteiger partial charge on any atom is -0.366 e. The average molecular weight is 387 g/mol. The Balaban J connectivity index is 1.54. The van der Waals surface area contributed by atoms with Gasteiger partial charge in [0.1, 0.15) is 11.6 Å². The van der Waals surface area contributed by atoms with Crippen molar-refractivity contribution in [2.75, 3.05) is 23.7 Å². The summed E-state index contributed by atoms with van der Waals surface area (Å²) in [7, 11) is 0. The molecule has 1 saturated carbocycles. The molecule has 2 fully saturated rings. The van der Waals surface area contributed by atoms with Crippen LogP contribution in [0.1, 0.15) is 48.3 Å². The van der Waals surface area contributed by atoms with Crippen LogP contribution in [0.3, 0.4) is 0 Å². The smallest absolute Gasteiger partial charge is 0.163 e. The first-order chi connectivity index (χ1) is 14.2. The Morgan fingerprint density at radius 1 is 1.21 bits per heavy atom. The zero-order valence-corrected chi connectivity index (χ0v) is 16.6. The van der Waals surface area contributed by atoms with Crippen molar-refractivity contribution in [3.63, 3.8) is 0 Å². The number of nitriles is 1. The Bertz CT molecular complexity index is 1080. The van der Waals surface area contributed by atoms with E-state index >= 15 is 0 Å². The lowest BCUT2D eigenvalue weighted by atomic mass is 10.1. The Kier molecular flexibility index (Phi) is 4.57. The fourth-order valence-electron chi connectivity index (χ4n) is 4.08. The van der Waals surface area contributed by atoms with E-state index in [1.807, 2.05) is 41.9 Å². The average Bonchev–Trinajstić information content (AvgIpc) is 3.47. The molecule has 0 bridgehead atoms. The fraction of sp³-hybridized carbons (Fsp3) is 0.409. The number of nitrogens with one attached hydrogen (secondary N) is 3. The van der Waals surface area contributed by atoms with E-state index in [4.69, 9.17) is 4.98 Å². The molecule has 1 aliphatic carbocycles. The molecule has 7 nitrogen and oxygen atoms in total. The summed E-state index contributed by atoms with van der Waals surface area (Å²) in [4.78, 5) is 4.91. The molecule has 3 heterocycles. The fourth-order valence-corrected chi connectivity index (χ4v) is 4.08. The van der Waals surface area contributed by atoms with Gasteiger partial charge in [-0.25, -0.2) is 4.98 Å². The van der Waals surface area contributed by atoms with Gasteiger partial charge < -0.3 is 16.0 Å². The van der Waals surface area contributed by atoms with Crippen molar-refractivity contribution < 1.29 is 0 Å². The Morgan fingerprint density at radius 2 is 2.10 bits per heavy atom. The van der Waals surface area contributed by atoms with E-state index in [0.717, 1.165) is 48.0 Å². The molecule has 1 atom stereocenters. The van der Waals surface area contributed by atoms with E-state index in [2.05, 4.69) is 27.1 Å². The highest BCUT2D eigenvalue weighted by Gasteiger charge is 2.28. The number of piperidine rings is 1. The van der Waals surface area contributed by atoms with Gasteiger partial charge in [-0.3, -0.25) is 0 Å². The summed E-state index contributed by atoms with van der Waals surface area (Å²) in [6.07, 6.45) is 6.68. The molecule has 1 saturated heterocycles. The molecule has 29 heavy (non-hydrogen) atoms. The highest BCUT2D eigenvalue weighted by atomic mass is 15.3. The van der Waals surface area contributed by atoms with Crippen LogP contribution in [0.5, 0.6) is 0 Å². The molecule has 1 aromatic carbocycles. The van der Waals surface area contributed by atoms with Crippen LogP contribution < -0.4 is 16.0 Å². The van der Waals surface area contributed by atoms with Gasteiger partial charge in [0.2, 0.25) is 0 Å². The molecule has 5 rings (SSSR count). The lowest BCUT2D eigenvalue weighted by Gasteiger charge is -2.24. The molecule has 1 aliphatic heterocycles. The number of hydrogen-bond acceptors (Lipinski definition) is 6. The van der Waals surface area contributed by atoms with Crippen LogP contribution in [0.15, 0.2) is 30.5 Å². The summed E-state index contributed by atoms with van der Waals surface area (Å²) in [5.41, 5.74) is 4.70. The zero-order valence-electron chi connectivity index (χ0n) is 16.6. The number of benzene rings is 1. The number of fused-ring (bicyclic) bond motifs is 1. The van der Waals surface area contributed by atoms with Crippen LogP contribution in [0, 0.1) is 18.3 Å². The summed E-state index contributed by atoms with van der Waals surface area (Å²) >= 11 is 0. The van der Waals surface area contributed by atoms with Crippen molar-refractivity contribution in [3.05, 3.63) is 47.2 Å². The summed E-state index contributed by atoms with van der Waals surface area (Å²) in [5.74, 6) is 2.29. The summed E-state index contributed by atoms with van der Waals surface area (Å²) in [6.45, 7) is 4.03. The molecule has 0 unspecified atom stereocenters. The molecule has 7 heteroatoms. The second-order valence-corrected chi connectivity index (χ2v) is 8.15. The molecule has 148 valence electrons. The van der Waals surface area contributed by atoms with E-state index < -0.39 is 0 Å². The standard InChI is InChI=1S/C22H25N7/c1-14-7-15(11-23)9-18(8-14)27-21-10-20(26-17-3-2-6-24-12-17)28-22-19(16-4-5-16)13-25-29(21)22/h7-10,13,16-17,24,27H,2-6,12H2,1H3,(H,26,28)/t17-/m0/s1. The molecule has 2 aliphatic rings. The van der Waals surface area contributed by atoms with Crippen LogP contribution in [0.4, 0.5) is 17.3 Å². The van der Waals surface area contributed by atoms with Gasteiger partial charge in [-0.2, -0.15) is 14.9 Å². The van der Waals surface area contributed by atoms with E-state index in [-0.39, 0.29) is 0 Å². The van der Waals surface area contributed by atoms with E-state index in [0.29, 0.717) is 17.5 Å². The summed E-state index contributed by atoms with van der Waals surface area (Å²) in [5, 5.41) is 24.4. The van der Waals surface area contributed by atoms with Crippen molar-refractivity contribution in [3.8, 4) is 6.07 Å². The van der Waals surface area contributed by atoms with Gasteiger partial charge in [-0.1, -0.05) is 0 Å². The number of anilines is 3. The predicted octanol–water partition coefficient (Wildman–Crippen LogP) is 3.69. The third-order valence-electron chi connectivity index (χ3n) is 5.64. The molecular formula is C22H25N7. The molecule has 3 N–H and O–H groups in total. The zero-order chi connectivity index (χ0) is 19.8. The molecule has 2 aromatic heterocycles. The van der Waals surface area contributed by atoms with Crippen molar-refractivity contribution in [2.24, 2.45) is 0 Å². The minimum absolute atomic E-state index is 0.378. The Morgan fingerprint density at radius 3 is 2.86 bits per heavy atom. The first-order valence-corrected chi connectivity index (χ1v) is 10.3. The number of hydrogen-bond donors (Lipinski definition) is 3. The topological polar surface area (TPSA) is 90.1 Å². The minimum atomic E-state index is 0.378. The van der Waals surface area contributed by atoms with Gasteiger partial charge in [0.15, 0.2) is 5.65 Å². The van der Waals surface area contributed by atoms with Crippen LogP contribution in [-0.2, 0) is 0 Å². The largest absolute Gasteiger partial charge is 0.366 e. The van der Waals surface area contributed by atoms with Gasteiger partial charge >= 0.3 is 0 Å². The van der Waals surface area contributed by atoms with Crippen LogP contribution in [0.2, 0.25) is 0 Å². The van der Waals surface area contributed by atoms with E-state index in [1.165, 1.54) is 24.8 Å². The maximum Gasteiger partial charge on any atom is 0.163 e. The predicted molar refractivity (Wildman–Crippen MR) is 114 cm³/mol. The molecule has 3 aromatic rings. The lowest BCUT2D eigenvalue weighted by Crippen LogP contribution is -2.38. The molecule has 0 radical (unpaired) electrons. The van der Waals surface area contributed by atoms with Gasteiger partial charge in [0, 0.05) is 29.9 Å². The van der Waals surface area contributed by atoms with E-state index in [9.17, 15) is 5.26 Å². The first-order valence-electron chi connectivity index (χ1n) is 10.3. The lowest BCUT2D eigenvalue weighted by molar-refractivity contribution is 0.479. The van der Waals surface area contributed by atoms with Gasteiger partial charge in [0.25, 0.3) is 0 Å². The van der Waals surface area contributed by atoms with E-state index in [1.54, 1.807) is 0 Å². The van der Waals surface area contributed by atoms with Crippen molar-refractivity contribution >= 4 is 23.0 Å². The Labute approximate surface area is 170 Å². The second-order valence-electron chi connectivity index (χ2n) is 8.15. The highest BCUT2D eigenvalue weighted by molar-refractivity contribution is 5.67. The van der Waals surface area contributed by atoms with Gasteiger partial charge in [-0.15, -0.1) is 0 Å². The SMILES string of the molecule is Cc1cc(C#N)cc(Nc2cc(N[C@H]3CCCNC3)nc3c(C4CC4)cnn23)c1. The number of rotatable bonds is 5.